The van der Waals surface area contributed by atoms with Gasteiger partial charge in [-0.05, 0) is 37.1 Å². The lowest BCUT2D eigenvalue weighted by atomic mass is 10.0. The lowest BCUT2D eigenvalue weighted by Gasteiger charge is -2.25. The summed E-state index contributed by atoms with van der Waals surface area (Å²) in [5, 5.41) is 6.33. The molecule has 0 bridgehead atoms. The minimum Gasteiger partial charge on any atom is -0.337 e. The van der Waals surface area contributed by atoms with Gasteiger partial charge in [-0.3, -0.25) is 4.79 Å². The molecule has 1 amide bonds. The summed E-state index contributed by atoms with van der Waals surface area (Å²) in [6, 6.07) is 22.2. The second kappa shape index (κ2) is 8.49. The molecule has 0 N–H and O–H groups in total. The summed E-state index contributed by atoms with van der Waals surface area (Å²) in [5.41, 5.74) is 3.09. The smallest absolute Gasteiger partial charge is 0.246 e. The number of carbonyl (C=O) groups is 1. The molecular formula is C25H25N3O2. The van der Waals surface area contributed by atoms with E-state index in [-0.39, 0.29) is 11.9 Å². The third-order valence-corrected chi connectivity index (χ3v) is 5.25. The van der Waals surface area contributed by atoms with Crippen molar-refractivity contribution in [3.8, 4) is 11.4 Å². The molecule has 0 spiro atoms. The van der Waals surface area contributed by atoms with E-state index in [0.29, 0.717) is 24.7 Å². The van der Waals surface area contributed by atoms with Gasteiger partial charge in [-0.1, -0.05) is 77.5 Å². The molecule has 5 nitrogen and oxygen atoms in total. The fourth-order valence-corrected chi connectivity index (χ4v) is 3.55. The van der Waals surface area contributed by atoms with E-state index in [9.17, 15) is 4.79 Å². The Morgan fingerprint density at radius 3 is 2.50 bits per heavy atom. The normalized spacial score (nSPS) is 11.2. The average molecular weight is 399 g/mol. The van der Waals surface area contributed by atoms with E-state index in [0.717, 1.165) is 21.9 Å². The van der Waals surface area contributed by atoms with Gasteiger partial charge in [-0.15, -0.1) is 0 Å². The summed E-state index contributed by atoms with van der Waals surface area (Å²) in [6.07, 6.45) is 0.332. The SMILES string of the molecule is Cc1ccc(-c2noc(CN(C(=O)Cc3cccc4ccccc34)C(C)C)n2)cc1. The molecule has 4 aromatic rings. The number of rotatable bonds is 6. The van der Waals surface area contributed by atoms with Gasteiger partial charge < -0.3 is 9.42 Å². The fraction of sp³-hybridized carbons (Fsp3) is 0.240. The predicted molar refractivity (Wildman–Crippen MR) is 118 cm³/mol. The summed E-state index contributed by atoms with van der Waals surface area (Å²) < 4.78 is 5.45. The quantitative estimate of drug-likeness (QED) is 0.448. The van der Waals surface area contributed by atoms with Crippen LogP contribution in [-0.2, 0) is 17.8 Å². The van der Waals surface area contributed by atoms with Crippen LogP contribution >= 0.6 is 0 Å². The first-order valence-corrected chi connectivity index (χ1v) is 10.2. The number of hydrogen-bond acceptors (Lipinski definition) is 4. The maximum Gasteiger partial charge on any atom is 0.246 e. The van der Waals surface area contributed by atoms with Crippen LogP contribution in [0.15, 0.2) is 71.3 Å². The summed E-state index contributed by atoms with van der Waals surface area (Å²) >= 11 is 0. The molecule has 1 aromatic heterocycles. The Morgan fingerprint density at radius 1 is 1.00 bits per heavy atom. The van der Waals surface area contributed by atoms with Crippen LogP contribution in [0.4, 0.5) is 0 Å². The van der Waals surface area contributed by atoms with E-state index in [4.69, 9.17) is 4.52 Å². The Bertz CT molecular complexity index is 1160. The molecule has 0 aliphatic heterocycles. The zero-order chi connectivity index (χ0) is 21.1. The minimum absolute atomic E-state index is 0.0159. The number of amides is 1. The molecule has 0 saturated carbocycles. The second-order valence-electron chi connectivity index (χ2n) is 7.81. The average Bonchev–Trinajstić information content (AvgIpc) is 3.21. The molecule has 0 radical (unpaired) electrons. The van der Waals surface area contributed by atoms with E-state index in [1.54, 1.807) is 4.90 Å². The number of benzene rings is 3. The van der Waals surface area contributed by atoms with Crippen molar-refractivity contribution >= 4 is 16.7 Å². The predicted octanol–water partition coefficient (Wildman–Crippen LogP) is 5.18. The van der Waals surface area contributed by atoms with Gasteiger partial charge in [0.05, 0.1) is 6.42 Å². The monoisotopic (exact) mass is 399 g/mol. The first-order valence-electron chi connectivity index (χ1n) is 10.2. The topological polar surface area (TPSA) is 59.2 Å². The molecular weight excluding hydrogens is 374 g/mol. The molecule has 3 aromatic carbocycles. The number of hydrogen-bond donors (Lipinski definition) is 0. The Balaban J connectivity index is 1.53. The maximum atomic E-state index is 13.2. The van der Waals surface area contributed by atoms with Gasteiger partial charge in [-0.2, -0.15) is 4.98 Å². The molecule has 0 saturated heterocycles. The minimum atomic E-state index is 0.0159. The van der Waals surface area contributed by atoms with Gasteiger partial charge in [0.2, 0.25) is 17.6 Å². The van der Waals surface area contributed by atoms with Crippen LogP contribution in [0.25, 0.3) is 22.2 Å². The number of aryl methyl sites for hydroxylation is 1. The molecule has 0 unspecified atom stereocenters. The van der Waals surface area contributed by atoms with E-state index in [1.807, 2.05) is 69.3 Å². The van der Waals surface area contributed by atoms with Crippen molar-refractivity contribution in [2.75, 3.05) is 0 Å². The molecule has 0 fully saturated rings. The second-order valence-corrected chi connectivity index (χ2v) is 7.81. The third-order valence-electron chi connectivity index (χ3n) is 5.25. The van der Waals surface area contributed by atoms with Crippen LogP contribution in [0.2, 0.25) is 0 Å². The standard InChI is InChI=1S/C25H25N3O2/c1-17(2)28(16-23-26-25(27-30-23)20-13-11-18(3)12-14-20)24(29)15-21-9-6-8-19-7-4-5-10-22(19)21/h4-14,17H,15-16H2,1-3H3. The van der Waals surface area contributed by atoms with Crippen LogP contribution in [-0.4, -0.2) is 27.0 Å². The number of carbonyl (C=O) groups excluding carboxylic acids is 1. The van der Waals surface area contributed by atoms with Gasteiger partial charge in [0, 0.05) is 11.6 Å². The highest BCUT2D eigenvalue weighted by atomic mass is 16.5. The number of aromatic nitrogens is 2. The Hall–Kier alpha value is -3.47. The van der Waals surface area contributed by atoms with Gasteiger partial charge >= 0.3 is 0 Å². The first kappa shape index (κ1) is 19.8. The van der Waals surface area contributed by atoms with Gasteiger partial charge in [0.1, 0.15) is 6.54 Å². The highest BCUT2D eigenvalue weighted by Gasteiger charge is 2.21. The van der Waals surface area contributed by atoms with Crippen LogP contribution in [0.5, 0.6) is 0 Å². The lowest BCUT2D eigenvalue weighted by molar-refractivity contribution is -0.133. The van der Waals surface area contributed by atoms with Gasteiger partial charge in [0.15, 0.2) is 0 Å². The highest BCUT2D eigenvalue weighted by molar-refractivity contribution is 5.90. The fourth-order valence-electron chi connectivity index (χ4n) is 3.55. The van der Waals surface area contributed by atoms with E-state index in [2.05, 4.69) is 28.3 Å². The Kier molecular flexibility index (Phi) is 5.61. The molecule has 4 rings (SSSR count). The molecule has 152 valence electrons. The Labute approximate surface area is 176 Å². The van der Waals surface area contributed by atoms with Gasteiger partial charge in [0.25, 0.3) is 0 Å². The third kappa shape index (κ3) is 4.25. The van der Waals surface area contributed by atoms with Crippen LogP contribution < -0.4 is 0 Å². The summed E-state index contributed by atoms with van der Waals surface area (Å²) in [7, 11) is 0. The van der Waals surface area contributed by atoms with Crippen molar-refractivity contribution < 1.29 is 9.32 Å². The zero-order valence-corrected chi connectivity index (χ0v) is 17.5. The molecule has 0 aliphatic carbocycles. The van der Waals surface area contributed by atoms with Crippen molar-refractivity contribution in [2.24, 2.45) is 0 Å². The van der Waals surface area contributed by atoms with Crippen molar-refractivity contribution in [1.29, 1.82) is 0 Å². The van der Waals surface area contributed by atoms with Crippen molar-refractivity contribution in [3.05, 3.63) is 83.7 Å². The summed E-state index contributed by atoms with van der Waals surface area (Å²) in [4.78, 5) is 19.4. The molecule has 0 atom stereocenters. The van der Waals surface area contributed by atoms with Crippen molar-refractivity contribution in [2.45, 2.75) is 39.8 Å². The molecule has 0 aliphatic rings. The number of nitrogens with zero attached hydrogens (tertiary/aromatic N) is 3. The van der Waals surface area contributed by atoms with Crippen LogP contribution in [0, 0.1) is 6.92 Å². The van der Waals surface area contributed by atoms with E-state index < -0.39 is 0 Å². The van der Waals surface area contributed by atoms with Crippen LogP contribution in [0.3, 0.4) is 0 Å². The highest BCUT2D eigenvalue weighted by Crippen LogP contribution is 2.21. The molecule has 5 heteroatoms. The van der Waals surface area contributed by atoms with E-state index >= 15 is 0 Å². The zero-order valence-electron chi connectivity index (χ0n) is 17.5. The van der Waals surface area contributed by atoms with Crippen molar-refractivity contribution in [3.63, 3.8) is 0 Å². The summed E-state index contributed by atoms with van der Waals surface area (Å²) in [6.45, 7) is 6.32. The maximum absolute atomic E-state index is 13.2. The molecule has 30 heavy (non-hydrogen) atoms. The van der Waals surface area contributed by atoms with Crippen molar-refractivity contribution in [1.82, 2.24) is 15.0 Å². The largest absolute Gasteiger partial charge is 0.337 e. The van der Waals surface area contributed by atoms with Gasteiger partial charge in [-0.25, -0.2) is 0 Å². The lowest BCUT2D eigenvalue weighted by Crippen LogP contribution is -2.37. The molecule has 1 heterocycles. The van der Waals surface area contributed by atoms with E-state index in [1.165, 1.54) is 5.56 Å². The Morgan fingerprint density at radius 2 is 1.73 bits per heavy atom. The summed E-state index contributed by atoms with van der Waals surface area (Å²) in [5.74, 6) is 1.01. The van der Waals surface area contributed by atoms with Crippen LogP contribution in [0.1, 0.15) is 30.9 Å². The number of fused-ring (bicyclic) bond motifs is 1. The first-order chi connectivity index (χ1) is 14.5.